The molecule has 1 N–H and O–H groups in total. The molecule has 0 radical (unpaired) electrons. The zero-order chi connectivity index (χ0) is 16.9. The van der Waals surface area contributed by atoms with Gasteiger partial charge in [0.1, 0.15) is 0 Å². The van der Waals surface area contributed by atoms with E-state index >= 15 is 0 Å². The molecule has 0 fully saturated rings. The molecule has 24 heavy (non-hydrogen) atoms. The summed E-state index contributed by atoms with van der Waals surface area (Å²) in [5.41, 5.74) is 3.07. The van der Waals surface area contributed by atoms with Crippen LogP contribution in [0.2, 0.25) is 0 Å². The molecule has 0 unspecified atom stereocenters. The maximum atomic E-state index is 12.3. The molecule has 0 bridgehead atoms. The minimum atomic E-state index is -0.0363. The lowest BCUT2D eigenvalue weighted by Crippen LogP contribution is -2.26. The highest BCUT2D eigenvalue weighted by Crippen LogP contribution is 2.37. The highest BCUT2D eigenvalue weighted by atomic mass is 16.7. The van der Waals surface area contributed by atoms with E-state index < -0.39 is 0 Å². The molecule has 0 aromatic heterocycles. The Morgan fingerprint density at radius 1 is 1.12 bits per heavy atom. The van der Waals surface area contributed by atoms with Gasteiger partial charge in [0.25, 0.3) is 0 Å². The Bertz CT molecular complexity index is 740. The Balaban J connectivity index is 1.85. The van der Waals surface area contributed by atoms with E-state index in [1.807, 2.05) is 55.5 Å². The molecule has 0 saturated heterocycles. The Morgan fingerprint density at radius 2 is 1.88 bits per heavy atom. The summed E-state index contributed by atoms with van der Waals surface area (Å²) in [6, 6.07) is 15.9. The third-order valence-electron chi connectivity index (χ3n) is 3.98. The van der Waals surface area contributed by atoms with Crippen LogP contribution in [0.4, 0.5) is 0 Å². The Labute approximate surface area is 142 Å². The summed E-state index contributed by atoms with van der Waals surface area (Å²) in [5, 5.41) is 2.91. The second-order valence-electron chi connectivity index (χ2n) is 6.01. The van der Waals surface area contributed by atoms with Crippen molar-refractivity contribution in [2.45, 2.75) is 19.3 Å². The van der Waals surface area contributed by atoms with Gasteiger partial charge in [0.2, 0.25) is 12.7 Å². The zero-order valence-corrected chi connectivity index (χ0v) is 13.7. The second kappa shape index (κ2) is 7.21. The van der Waals surface area contributed by atoms with Crippen molar-refractivity contribution in [2.75, 3.05) is 13.3 Å². The first-order valence-corrected chi connectivity index (χ1v) is 7.99. The largest absolute Gasteiger partial charge is 0.454 e. The first kappa shape index (κ1) is 16.1. The molecule has 1 aliphatic heterocycles. The molecule has 0 aliphatic carbocycles. The molecule has 1 heterocycles. The first-order chi connectivity index (χ1) is 11.6. The summed E-state index contributed by atoms with van der Waals surface area (Å²) in [4.78, 5) is 12.3. The van der Waals surface area contributed by atoms with E-state index in [-0.39, 0.29) is 18.6 Å². The van der Waals surface area contributed by atoms with E-state index in [4.69, 9.17) is 9.47 Å². The van der Waals surface area contributed by atoms with Crippen LogP contribution in [0.15, 0.2) is 60.7 Å². The maximum absolute atomic E-state index is 12.3. The van der Waals surface area contributed by atoms with Crippen molar-refractivity contribution in [1.29, 1.82) is 0 Å². The van der Waals surface area contributed by atoms with E-state index in [1.54, 1.807) is 0 Å². The Morgan fingerprint density at radius 3 is 2.62 bits per heavy atom. The fourth-order valence-electron chi connectivity index (χ4n) is 2.75. The lowest BCUT2D eigenvalue weighted by Gasteiger charge is -2.18. The summed E-state index contributed by atoms with van der Waals surface area (Å²) in [7, 11) is 0. The molecular weight excluding hydrogens is 302 g/mol. The molecule has 0 spiro atoms. The number of rotatable bonds is 6. The summed E-state index contributed by atoms with van der Waals surface area (Å²) in [6.45, 7) is 6.46. The SMILES string of the molecule is C=C(C)CNC(=O)C[C@@H](c1ccccc1)c1ccc2c(c1)OCO2. The zero-order valence-electron chi connectivity index (χ0n) is 13.7. The van der Waals surface area contributed by atoms with Crippen LogP contribution in [0, 0.1) is 0 Å². The summed E-state index contributed by atoms with van der Waals surface area (Å²) < 4.78 is 10.8. The minimum Gasteiger partial charge on any atom is -0.454 e. The number of ether oxygens (including phenoxy) is 2. The summed E-state index contributed by atoms with van der Waals surface area (Å²) in [6.07, 6.45) is 0.372. The van der Waals surface area contributed by atoms with Gasteiger partial charge in [-0.15, -0.1) is 0 Å². The standard InChI is InChI=1S/C20H21NO3/c1-14(2)12-21-20(22)11-17(15-6-4-3-5-7-15)16-8-9-18-19(10-16)24-13-23-18/h3-10,17H,1,11-13H2,2H3,(H,21,22)/t17-/m0/s1. The third kappa shape index (κ3) is 3.77. The van der Waals surface area contributed by atoms with E-state index in [2.05, 4.69) is 11.9 Å². The molecule has 1 aliphatic rings. The van der Waals surface area contributed by atoms with Crippen LogP contribution in [-0.2, 0) is 4.79 Å². The van der Waals surface area contributed by atoms with Crippen LogP contribution in [0.25, 0.3) is 0 Å². The number of hydrogen-bond donors (Lipinski definition) is 1. The van der Waals surface area contributed by atoms with Gasteiger partial charge in [0.15, 0.2) is 11.5 Å². The van der Waals surface area contributed by atoms with Crippen molar-refractivity contribution in [2.24, 2.45) is 0 Å². The van der Waals surface area contributed by atoms with Crippen LogP contribution in [0.3, 0.4) is 0 Å². The second-order valence-corrected chi connectivity index (χ2v) is 6.01. The van der Waals surface area contributed by atoms with Crippen molar-refractivity contribution < 1.29 is 14.3 Å². The highest BCUT2D eigenvalue weighted by molar-refractivity contribution is 5.78. The fourth-order valence-corrected chi connectivity index (χ4v) is 2.75. The number of benzene rings is 2. The van der Waals surface area contributed by atoms with E-state index in [0.29, 0.717) is 13.0 Å². The van der Waals surface area contributed by atoms with Crippen LogP contribution in [-0.4, -0.2) is 19.2 Å². The van der Waals surface area contributed by atoms with Gasteiger partial charge in [-0.3, -0.25) is 4.79 Å². The summed E-state index contributed by atoms with van der Waals surface area (Å²) >= 11 is 0. The van der Waals surface area contributed by atoms with Crippen molar-refractivity contribution >= 4 is 5.91 Å². The quantitative estimate of drug-likeness (QED) is 0.826. The molecule has 0 saturated carbocycles. The van der Waals surface area contributed by atoms with Crippen LogP contribution < -0.4 is 14.8 Å². The van der Waals surface area contributed by atoms with E-state index in [1.165, 1.54) is 0 Å². The molecule has 2 aromatic rings. The molecule has 1 amide bonds. The monoisotopic (exact) mass is 323 g/mol. The lowest BCUT2D eigenvalue weighted by atomic mass is 9.88. The van der Waals surface area contributed by atoms with Crippen LogP contribution >= 0.6 is 0 Å². The van der Waals surface area contributed by atoms with Crippen molar-refractivity contribution in [3.63, 3.8) is 0 Å². The predicted molar refractivity (Wildman–Crippen MR) is 93.3 cm³/mol. The normalized spacial score (nSPS) is 13.4. The molecule has 4 nitrogen and oxygen atoms in total. The van der Waals surface area contributed by atoms with Gasteiger partial charge in [0.05, 0.1) is 0 Å². The van der Waals surface area contributed by atoms with Gasteiger partial charge in [-0.2, -0.15) is 0 Å². The van der Waals surface area contributed by atoms with Gasteiger partial charge in [-0.25, -0.2) is 0 Å². The molecular formula is C20H21NO3. The maximum Gasteiger partial charge on any atom is 0.231 e. The third-order valence-corrected chi connectivity index (χ3v) is 3.98. The predicted octanol–water partition coefficient (Wildman–Crippen LogP) is 3.63. The molecule has 1 atom stereocenters. The smallest absolute Gasteiger partial charge is 0.231 e. The van der Waals surface area contributed by atoms with Gasteiger partial charge >= 0.3 is 0 Å². The van der Waals surface area contributed by atoms with E-state index in [0.717, 1.165) is 28.2 Å². The van der Waals surface area contributed by atoms with E-state index in [9.17, 15) is 4.79 Å². The average molecular weight is 323 g/mol. The van der Waals surface area contributed by atoms with Gasteiger partial charge in [0, 0.05) is 18.9 Å². The number of amides is 1. The van der Waals surface area contributed by atoms with Crippen molar-refractivity contribution in [1.82, 2.24) is 5.32 Å². The molecule has 124 valence electrons. The Hall–Kier alpha value is -2.75. The number of nitrogens with one attached hydrogen (secondary N) is 1. The topological polar surface area (TPSA) is 47.6 Å². The molecule has 2 aromatic carbocycles. The van der Waals surface area contributed by atoms with Gasteiger partial charge in [-0.05, 0) is 30.2 Å². The molecule has 4 heteroatoms. The van der Waals surface area contributed by atoms with Crippen molar-refractivity contribution in [3.8, 4) is 11.5 Å². The lowest BCUT2D eigenvalue weighted by molar-refractivity contribution is -0.121. The minimum absolute atomic E-state index is 0.00419. The van der Waals surface area contributed by atoms with Crippen LogP contribution in [0.5, 0.6) is 11.5 Å². The first-order valence-electron chi connectivity index (χ1n) is 7.99. The van der Waals surface area contributed by atoms with Crippen LogP contribution in [0.1, 0.15) is 30.4 Å². The van der Waals surface area contributed by atoms with Gasteiger partial charge < -0.3 is 14.8 Å². The van der Waals surface area contributed by atoms with Gasteiger partial charge in [-0.1, -0.05) is 48.6 Å². The Kier molecular flexibility index (Phi) is 4.85. The summed E-state index contributed by atoms with van der Waals surface area (Å²) in [5.74, 6) is 1.45. The van der Waals surface area contributed by atoms with Crippen molar-refractivity contribution in [3.05, 3.63) is 71.8 Å². The fraction of sp³-hybridized carbons (Fsp3) is 0.250. The number of fused-ring (bicyclic) bond motifs is 1. The molecule has 3 rings (SSSR count). The number of carbonyl (C=O) groups excluding carboxylic acids is 1. The number of carbonyl (C=O) groups is 1. The number of hydrogen-bond acceptors (Lipinski definition) is 3. The highest BCUT2D eigenvalue weighted by Gasteiger charge is 2.21. The average Bonchev–Trinajstić information content (AvgIpc) is 3.06.